The van der Waals surface area contributed by atoms with Crippen LogP contribution < -0.4 is 0 Å². The van der Waals surface area contributed by atoms with Crippen molar-refractivity contribution < 1.29 is 9.10 Å². The van der Waals surface area contributed by atoms with Gasteiger partial charge in [0.1, 0.15) is 6.61 Å². The van der Waals surface area contributed by atoms with Gasteiger partial charge in [0.25, 0.3) is 6.79 Å². The smallest absolute Gasteiger partial charge is 0.256 e. The fourth-order valence-electron chi connectivity index (χ4n) is 1.92. The second-order valence-electron chi connectivity index (χ2n) is 3.54. The molecule has 2 rings (SSSR count). The largest absolute Gasteiger partial charge is 0.395 e. The molecule has 0 aliphatic carbocycles. The molecule has 0 unspecified atom stereocenters. The summed E-state index contributed by atoms with van der Waals surface area (Å²) in [6.45, 7) is 4.67. The second kappa shape index (κ2) is 4.58. The summed E-state index contributed by atoms with van der Waals surface area (Å²) in [4.78, 5) is 0. The lowest BCUT2D eigenvalue weighted by Gasteiger charge is -2.31. The van der Waals surface area contributed by atoms with Crippen LogP contribution in [0.25, 0.3) is 0 Å². The van der Waals surface area contributed by atoms with Crippen molar-refractivity contribution in [2.24, 2.45) is 0 Å². The van der Waals surface area contributed by atoms with E-state index in [2.05, 4.69) is 41.6 Å². The Kier molecular flexibility index (Phi) is 3.17. The SMILES string of the molecule is CC[O+]1COCC[C@@H]1c1ccccc1. The zero-order chi connectivity index (χ0) is 9.80. The minimum absolute atomic E-state index is 0.468. The maximum absolute atomic E-state index is 5.41. The normalized spacial score (nSPS) is 23.6. The van der Waals surface area contributed by atoms with Crippen LogP contribution >= 0.6 is 0 Å². The van der Waals surface area contributed by atoms with E-state index in [1.54, 1.807) is 0 Å². The average molecular weight is 193 g/mol. The standard InChI is InChI=1S/C12H17O2/c1-2-14-10-13-9-8-12(14)11-6-4-3-5-7-11/h3-7,12H,2,8-10H2,1H3/q+1/t12-/m1/s1. The number of ether oxygens (including phenoxy) is 1. The van der Waals surface area contributed by atoms with Gasteiger partial charge in [-0.3, -0.25) is 0 Å². The first kappa shape index (κ1) is 9.69. The van der Waals surface area contributed by atoms with E-state index in [0.29, 0.717) is 12.9 Å². The molecule has 2 nitrogen and oxygen atoms in total. The summed E-state index contributed by atoms with van der Waals surface area (Å²) in [6.07, 6.45) is 1.54. The summed E-state index contributed by atoms with van der Waals surface area (Å²) >= 11 is 0. The summed E-state index contributed by atoms with van der Waals surface area (Å²) in [5.74, 6) is 0. The molecular formula is C12H17O2+. The van der Waals surface area contributed by atoms with Crippen molar-refractivity contribution in [3.8, 4) is 0 Å². The van der Waals surface area contributed by atoms with Gasteiger partial charge in [0.05, 0.1) is 6.61 Å². The molecule has 0 N–H and O–H groups in total. The van der Waals surface area contributed by atoms with E-state index in [4.69, 9.17) is 4.74 Å². The fraction of sp³-hybridized carbons (Fsp3) is 0.500. The fourth-order valence-corrected chi connectivity index (χ4v) is 1.92. The third kappa shape index (κ3) is 1.97. The van der Waals surface area contributed by atoms with Crippen LogP contribution in [0.15, 0.2) is 30.3 Å². The van der Waals surface area contributed by atoms with Crippen LogP contribution in [0.2, 0.25) is 0 Å². The molecule has 0 bridgehead atoms. The van der Waals surface area contributed by atoms with Crippen molar-refractivity contribution in [1.29, 1.82) is 0 Å². The van der Waals surface area contributed by atoms with E-state index in [1.165, 1.54) is 5.56 Å². The van der Waals surface area contributed by atoms with E-state index in [1.807, 2.05) is 0 Å². The lowest BCUT2D eigenvalue weighted by Crippen LogP contribution is -2.29. The van der Waals surface area contributed by atoms with Crippen LogP contribution in [-0.4, -0.2) is 20.0 Å². The van der Waals surface area contributed by atoms with Crippen LogP contribution in [0.3, 0.4) is 0 Å². The van der Waals surface area contributed by atoms with Crippen molar-refractivity contribution in [1.82, 2.24) is 0 Å². The molecule has 76 valence electrons. The van der Waals surface area contributed by atoms with E-state index < -0.39 is 0 Å². The zero-order valence-electron chi connectivity index (χ0n) is 8.61. The van der Waals surface area contributed by atoms with Gasteiger partial charge < -0.3 is 9.10 Å². The quantitative estimate of drug-likeness (QED) is 0.657. The number of benzene rings is 1. The van der Waals surface area contributed by atoms with Crippen molar-refractivity contribution >= 4 is 0 Å². The molecule has 14 heavy (non-hydrogen) atoms. The Balaban J connectivity index is 2.15. The van der Waals surface area contributed by atoms with E-state index in [9.17, 15) is 0 Å². The Morgan fingerprint density at radius 2 is 2.14 bits per heavy atom. The van der Waals surface area contributed by atoms with Crippen LogP contribution in [-0.2, 0) is 9.10 Å². The van der Waals surface area contributed by atoms with Gasteiger partial charge in [-0.2, -0.15) is 0 Å². The van der Waals surface area contributed by atoms with Gasteiger partial charge in [-0.1, -0.05) is 30.3 Å². The first-order chi connectivity index (χ1) is 6.92. The van der Waals surface area contributed by atoms with Crippen molar-refractivity contribution in [2.75, 3.05) is 20.0 Å². The predicted octanol–water partition coefficient (Wildman–Crippen LogP) is 2.68. The molecule has 2 heteroatoms. The summed E-state index contributed by atoms with van der Waals surface area (Å²) < 4.78 is 8.62. The van der Waals surface area contributed by atoms with Crippen molar-refractivity contribution in [3.63, 3.8) is 0 Å². The molecule has 1 aromatic carbocycles. The molecule has 1 atom stereocenters. The number of hydrogen-bond acceptors (Lipinski definition) is 1. The van der Waals surface area contributed by atoms with Gasteiger partial charge in [0.2, 0.25) is 0 Å². The second-order valence-corrected chi connectivity index (χ2v) is 3.54. The highest BCUT2D eigenvalue weighted by atomic mass is 16.8. The zero-order valence-corrected chi connectivity index (χ0v) is 8.61. The number of hydrogen-bond donors (Lipinski definition) is 0. The van der Waals surface area contributed by atoms with Crippen molar-refractivity contribution in [2.45, 2.75) is 19.4 Å². The lowest BCUT2D eigenvalue weighted by molar-refractivity contribution is -0.296. The molecule has 1 aliphatic rings. The maximum atomic E-state index is 5.41. The van der Waals surface area contributed by atoms with Gasteiger partial charge in [0, 0.05) is 18.9 Å². The molecule has 0 radical (unpaired) electrons. The van der Waals surface area contributed by atoms with Gasteiger partial charge in [0.15, 0.2) is 6.10 Å². The van der Waals surface area contributed by atoms with E-state index >= 15 is 0 Å². The maximum Gasteiger partial charge on any atom is 0.256 e. The number of rotatable bonds is 2. The Bertz CT molecular complexity index is 271. The van der Waals surface area contributed by atoms with Crippen molar-refractivity contribution in [3.05, 3.63) is 35.9 Å². The highest BCUT2D eigenvalue weighted by Gasteiger charge is 2.28. The predicted molar refractivity (Wildman–Crippen MR) is 56.2 cm³/mol. The van der Waals surface area contributed by atoms with E-state index in [0.717, 1.165) is 19.6 Å². The molecule has 1 heterocycles. The molecule has 1 aliphatic heterocycles. The minimum Gasteiger partial charge on any atom is -0.395 e. The Labute approximate surface area is 85.2 Å². The van der Waals surface area contributed by atoms with Gasteiger partial charge >= 0.3 is 0 Å². The lowest BCUT2D eigenvalue weighted by atomic mass is 10.1. The first-order valence-corrected chi connectivity index (χ1v) is 5.21. The summed E-state index contributed by atoms with van der Waals surface area (Å²) in [7, 11) is 0. The Hall–Kier alpha value is -0.860. The third-order valence-corrected chi connectivity index (χ3v) is 2.70. The summed E-state index contributed by atoms with van der Waals surface area (Å²) in [6, 6.07) is 10.6. The molecular weight excluding hydrogens is 176 g/mol. The summed E-state index contributed by atoms with van der Waals surface area (Å²) in [5.41, 5.74) is 1.38. The minimum atomic E-state index is 0.468. The topological polar surface area (TPSA) is 11.9 Å². The van der Waals surface area contributed by atoms with E-state index in [-0.39, 0.29) is 0 Å². The molecule has 1 saturated heterocycles. The average Bonchev–Trinajstić information content (AvgIpc) is 2.30. The highest BCUT2D eigenvalue weighted by Crippen LogP contribution is 2.30. The monoisotopic (exact) mass is 193 g/mol. The molecule has 0 spiro atoms. The van der Waals surface area contributed by atoms with Crippen LogP contribution in [0, 0.1) is 0 Å². The Morgan fingerprint density at radius 3 is 2.86 bits per heavy atom. The van der Waals surface area contributed by atoms with Gasteiger partial charge in [-0.25, -0.2) is 0 Å². The van der Waals surface area contributed by atoms with Crippen LogP contribution in [0.1, 0.15) is 25.0 Å². The highest BCUT2D eigenvalue weighted by molar-refractivity contribution is 5.18. The summed E-state index contributed by atoms with van der Waals surface area (Å²) in [5, 5.41) is 0. The first-order valence-electron chi connectivity index (χ1n) is 5.21. The van der Waals surface area contributed by atoms with Crippen LogP contribution in [0.4, 0.5) is 0 Å². The molecule has 0 saturated carbocycles. The van der Waals surface area contributed by atoms with Crippen LogP contribution in [0.5, 0.6) is 0 Å². The third-order valence-electron chi connectivity index (χ3n) is 2.70. The van der Waals surface area contributed by atoms with Gasteiger partial charge in [-0.05, 0) is 0 Å². The molecule has 0 aromatic heterocycles. The molecule has 0 amide bonds. The molecule has 1 aromatic rings. The molecule has 1 fully saturated rings. The van der Waals surface area contributed by atoms with Gasteiger partial charge in [-0.15, -0.1) is 0 Å². The Morgan fingerprint density at radius 1 is 1.36 bits per heavy atom.